The van der Waals surface area contributed by atoms with Crippen molar-refractivity contribution in [2.75, 3.05) is 19.7 Å². The highest BCUT2D eigenvalue weighted by atomic mass is 16.5. The van der Waals surface area contributed by atoms with Gasteiger partial charge in [0.05, 0.1) is 6.61 Å². The van der Waals surface area contributed by atoms with Crippen LogP contribution < -0.4 is 10.1 Å². The summed E-state index contributed by atoms with van der Waals surface area (Å²) in [5, 5.41) is 3.42. The van der Waals surface area contributed by atoms with Gasteiger partial charge in [0.1, 0.15) is 5.75 Å². The van der Waals surface area contributed by atoms with Crippen LogP contribution in [0.3, 0.4) is 0 Å². The molecule has 0 saturated carbocycles. The third kappa shape index (κ3) is 5.22. The second kappa shape index (κ2) is 7.33. The van der Waals surface area contributed by atoms with E-state index < -0.39 is 0 Å². The van der Waals surface area contributed by atoms with Gasteiger partial charge in [0.25, 0.3) is 0 Å². The van der Waals surface area contributed by atoms with Gasteiger partial charge in [0.15, 0.2) is 0 Å². The normalized spacial score (nSPS) is 12.5. The van der Waals surface area contributed by atoms with Gasteiger partial charge in [-0.1, -0.05) is 26.0 Å². The predicted molar refractivity (Wildman–Crippen MR) is 73.7 cm³/mol. The molecule has 0 aromatic heterocycles. The lowest BCUT2D eigenvalue weighted by Crippen LogP contribution is -2.25. The molecule has 1 atom stereocenters. The lowest BCUT2D eigenvalue weighted by atomic mass is 10.1. The second-order valence-corrected chi connectivity index (χ2v) is 4.89. The van der Waals surface area contributed by atoms with Gasteiger partial charge in [-0.25, -0.2) is 0 Å². The van der Waals surface area contributed by atoms with Crippen LogP contribution in [0.2, 0.25) is 0 Å². The first-order chi connectivity index (χ1) is 8.13. The van der Waals surface area contributed by atoms with E-state index in [9.17, 15) is 0 Å². The maximum Gasteiger partial charge on any atom is 0.122 e. The van der Waals surface area contributed by atoms with E-state index in [4.69, 9.17) is 4.74 Å². The molecule has 0 spiro atoms. The summed E-state index contributed by atoms with van der Waals surface area (Å²) >= 11 is 0. The Labute approximate surface area is 105 Å². The maximum absolute atomic E-state index is 5.87. The van der Waals surface area contributed by atoms with E-state index in [2.05, 4.69) is 51.2 Å². The van der Waals surface area contributed by atoms with Crippen LogP contribution in [0.1, 0.15) is 31.4 Å². The fourth-order valence-electron chi connectivity index (χ4n) is 1.68. The molecule has 1 aromatic rings. The Balaban J connectivity index is 2.36. The minimum atomic E-state index is 0.543. The van der Waals surface area contributed by atoms with E-state index in [1.807, 2.05) is 0 Å². The van der Waals surface area contributed by atoms with Crippen molar-refractivity contribution >= 4 is 0 Å². The first-order valence-electron chi connectivity index (χ1n) is 6.54. The van der Waals surface area contributed by atoms with Gasteiger partial charge in [-0.05, 0) is 44.0 Å². The highest BCUT2D eigenvalue weighted by molar-refractivity contribution is 5.35. The van der Waals surface area contributed by atoms with E-state index >= 15 is 0 Å². The van der Waals surface area contributed by atoms with E-state index in [0.29, 0.717) is 5.92 Å². The monoisotopic (exact) mass is 235 g/mol. The minimum absolute atomic E-state index is 0.543. The van der Waals surface area contributed by atoms with Gasteiger partial charge < -0.3 is 10.1 Å². The zero-order valence-electron chi connectivity index (χ0n) is 11.5. The average molecular weight is 235 g/mol. The minimum Gasteiger partial charge on any atom is -0.493 e. The molecule has 0 aliphatic rings. The van der Waals surface area contributed by atoms with Crippen LogP contribution in [0.4, 0.5) is 0 Å². The van der Waals surface area contributed by atoms with Gasteiger partial charge in [-0.3, -0.25) is 0 Å². The Hall–Kier alpha value is -1.02. The average Bonchev–Trinajstić information content (AvgIpc) is 2.31. The second-order valence-electron chi connectivity index (χ2n) is 4.89. The molecule has 2 heteroatoms. The van der Waals surface area contributed by atoms with Crippen molar-refractivity contribution in [2.45, 2.75) is 34.1 Å². The highest BCUT2D eigenvalue weighted by Gasteiger charge is 2.04. The van der Waals surface area contributed by atoms with Crippen molar-refractivity contribution in [1.82, 2.24) is 5.32 Å². The van der Waals surface area contributed by atoms with Crippen molar-refractivity contribution < 1.29 is 4.74 Å². The molecule has 1 aromatic carbocycles. The van der Waals surface area contributed by atoms with Crippen LogP contribution in [0, 0.1) is 19.8 Å². The summed E-state index contributed by atoms with van der Waals surface area (Å²) in [6.07, 6.45) is 1.19. The van der Waals surface area contributed by atoms with Crippen LogP contribution in [0.5, 0.6) is 5.75 Å². The van der Waals surface area contributed by atoms with Crippen LogP contribution in [-0.2, 0) is 0 Å². The molecule has 0 bridgehead atoms. The number of nitrogens with one attached hydrogen (secondary N) is 1. The van der Waals surface area contributed by atoms with Crippen LogP contribution in [0.15, 0.2) is 18.2 Å². The molecule has 1 N–H and O–H groups in total. The Morgan fingerprint density at radius 2 is 2.06 bits per heavy atom. The van der Waals surface area contributed by atoms with Crippen LogP contribution in [-0.4, -0.2) is 19.7 Å². The molecule has 1 unspecified atom stereocenters. The van der Waals surface area contributed by atoms with Gasteiger partial charge in [0, 0.05) is 12.5 Å². The molecule has 0 heterocycles. The zero-order chi connectivity index (χ0) is 12.7. The van der Waals surface area contributed by atoms with Crippen LogP contribution >= 0.6 is 0 Å². The molecule has 1 rings (SSSR count). The highest BCUT2D eigenvalue weighted by Crippen LogP contribution is 2.19. The van der Waals surface area contributed by atoms with Gasteiger partial charge in [-0.15, -0.1) is 0 Å². The van der Waals surface area contributed by atoms with Crippen LogP contribution in [0.25, 0.3) is 0 Å². The maximum atomic E-state index is 5.87. The van der Waals surface area contributed by atoms with Gasteiger partial charge in [0.2, 0.25) is 0 Å². The molecular weight excluding hydrogens is 210 g/mol. The molecule has 0 saturated heterocycles. The van der Waals surface area contributed by atoms with Crippen molar-refractivity contribution in [2.24, 2.45) is 5.92 Å². The largest absolute Gasteiger partial charge is 0.493 e. The molecule has 0 fully saturated rings. The number of aryl methyl sites for hydroxylation is 2. The van der Waals surface area contributed by atoms with E-state index in [0.717, 1.165) is 25.4 Å². The first-order valence-corrected chi connectivity index (χ1v) is 6.54. The summed E-state index contributed by atoms with van der Waals surface area (Å²) in [6, 6.07) is 6.35. The Bertz CT molecular complexity index is 336. The molecule has 96 valence electrons. The fraction of sp³-hybridized carbons (Fsp3) is 0.600. The smallest absolute Gasteiger partial charge is 0.122 e. The molecule has 0 amide bonds. The Morgan fingerprint density at radius 3 is 2.76 bits per heavy atom. The summed E-state index contributed by atoms with van der Waals surface area (Å²) in [4.78, 5) is 0. The number of ether oxygens (including phenoxy) is 1. The fourth-order valence-corrected chi connectivity index (χ4v) is 1.68. The molecule has 2 nitrogen and oxygen atoms in total. The van der Waals surface area contributed by atoms with E-state index in [1.54, 1.807) is 0 Å². The summed E-state index contributed by atoms with van der Waals surface area (Å²) in [5.41, 5.74) is 2.46. The standard InChI is InChI=1S/C15H25NO/c1-5-8-16-10-13(3)11-17-15-9-12(2)6-7-14(15)4/h6-7,9,13,16H,5,8,10-11H2,1-4H3. The summed E-state index contributed by atoms with van der Waals surface area (Å²) in [6.45, 7) is 11.5. The lowest BCUT2D eigenvalue weighted by molar-refractivity contribution is 0.254. The van der Waals surface area contributed by atoms with Gasteiger partial charge in [-0.2, -0.15) is 0 Å². The van der Waals surface area contributed by atoms with E-state index in [-0.39, 0.29) is 0 Å². The lowest BCUT2D eigenvalue weighted by Gasteiger charge is -2.15. The quantitative estimate of drug-likeness (QED) is 0.732. The summed E-state index contributed by atoms with van der Waals surface area (Å²) in [7, 11) is 0. The Morgan fingerprint density at radius 1 is 1.29 bits per heavy atom. The molecule has 17 heavy (non-hydrogen) atoms. The molecule has 0 radical (unpaired) electrons. The summed E-state index contributed by atoms with van der Waals surface area (Å²) < 4.78 is 5.87. The molecule has 0 aliphatic heterocycles. The first kappa shape index (κ1) is 14.0. The number of hydrogen-bond donors (Lipinski definition) is 1. The van der Waals surface area contributed by atoms with Crippen molar-refractivity contribution in [3.05, 3.63) is 29.3 Å². The topological polar surface area (TPSA) is 21.3 Å². The predicted octanol–water partition coefficient (Wildman–Crippen LogP) is 3.32. The SMILES string of the molecule is CCCNCC(C)COc1cc(C)ccc1C. The van der Waals surface area contributed by atoms with E-state index in [1.165, 1.54) is 17.5 Å². The molecule has 0 aliphatic carbocycles. The molecular formula is C15H25NO. The third-order valence-corrected chi connectivity index (χ3v) is 2.79. The van der Waals surface area contributed by atoms with Crippen molar-refractivity contribution in [3.8, 4) is 5.75 Å². The van der Waals surface area contributed by atoms with Crippen molar-refractivity contribution in [1.29, 1.82) is 0 Å². The number of benzene rings is 1. The Kier molecular flexibility index (Phi) is 6.06. The summed E-state index contributed by atoms with van der Waals surface area (Å²) in [5.74, 6) is 1.56. The third-order valence-electron chi connectivity index (χ3n) is 2.79. The van der Waals surface area contributed by atoms with Gasteiger partial charge >= 0.3 is 0 Å². The van der Waals surface area contributed by atoms with Crippen molar-refractivity contribution in [3.63, 3.8) is 0 Å². The zero-order valence-corrected chi connectivity index (χ0v) is 11.5. The number of hydrogen-bond acceptors (Lipinski definition) is 2. The number of rotatable bonds is 7.